The van der Waals surface area contributed by atoms with Gasteiger partial charge in [0.05, 0.1) is 16.5 Å². The molecule has 7 heteroatoms. The van der Waals surface area contributed by atoms with Gasteiger partial charge >= 0.3 is 0 Å². The molecule has 0 aliphatic carbocycles. The van der Waals surface area contributed by atoms with Gasteiger partial charge in [0, 0.05) is 30.9 Å². The van der Waals surface area contributed by atoms with Gasteiger partial charge in [-0.25, -0.2) is 9.97 Å². The number of aromatic amines is 1. The molecule has 0 unspecified atom stereocenters. The Morgan fingerprint density at radius 2 is 2.10 bits per heavy atom. The Morgan fingerprint density at radius 3 is 2.75 bits per heavy atom. The largest absolute Gasteiger partial charge is 0.355 e. The summed E-state index contributed by atoms with van der Waals surface area (Å²) in [6.07, 6.45) is 5.62. The summed E-state index contributed by atoms with van der Waals surface area (Å²) in [5.74, 6) is 1.40. The van der Waals surface area contributed by atoms with Crippen LogP contribution in [0, 0.1) is 6.92 Å². The second-order valence-corrected chi connectivity index (χ2v) is 6.18. The van der Waals surface area contributed by atoms with E-state index in [1.165, 1.54) is 11.4 Å². The van der Waals surface area contributed by atoms with E-state index in [1.54, 1.807) is 12.5 Å². The van der Waals surface area contributed by atoms with Crippen LogP contribution < -0.4 is 4.90 Å². The zero-order chi connectivity index (χ0) is 14.1. The first-order chi connectivity index (χ1) is 9.65. The Balaban J connectivity index is 1.72. The van der Waals surface area contributed by atoms with Crippen LogP contribution in [0.1, 0.15) is 30.1 Å². The lowest BCUT2D eigenvalue weighted by atomic mass is 9.92. The van der Waals surface area contributed by atoms with E-state index in [4.69, 9.17) is 11.6 Å². The minimum atomic E-state index is 0.286. The minimum Gasteiger partial charge on any atom is -0.355 e. The van der Waals surface area contributed by atoms with E-state index >= 15 is 0 Å². The fourth-order valence-corrected chi connectivity index (χ4v) is 3.28. The molecular weight excluding hydrogens is 342 g/mol. The van der Waals surface area contributed by atoms with E-state index in [2.05, 4.69) is 47.7 Å². The van der Waals surface area contributed by atoms with Crippen molar-refractivity contribution in [2.45, 2.75) is 25.7 Å². The molecule has 0 aromatic carbocycles. The number of hydrogen-bond donors (Lipinski definition) is 1. The number of nitrogens with zero attached hydrogens (tertiary/aromatic N) is 4. The van der Waals surface area contributed by atoms with Crippen molar-refractivity contribution in [3.8, 4) is 0 Å². The van der Waals surface area contributed by atoms with Crippen LogP contribution in [0.25, 0.3) is 0 Å². The highest BCUT2D eigenvalue weighted by Crippen LogP contribution is 2.32. The number of halogens is 2. The lowest BCUT2D eigenvalue weighted by Crippen LogP contribution is -2.34. The molecule has 1 saturated heterocycles. The fraction of sp³-hybridized carbons (Fsp3) is 0.462. The maximum Gasteiger partial charge on any atom is 0.224 e. The van der Waals surface area contributed by atoms with Gasteiger partial charge in [-0.3, -0.25) is 0 Å². The zero-order valence-corrected chi connectivity index (χ0v) is 13.4. The van der Waals surface area contributed by atoms with Crippen molar-refractivity contribution in [2.24, 2.45) is 0 Å². The monoisotopic (exact) mass is 355 g/mol. The fourth-order valence-electron chi connectivity index (χ4n) is 2.70. The Hall–Kier alpha value is -1.14. The highest BCUT2D eigenvalue weighted by atomic mass is 79.9. The summed E-state index contributed by atoms with van der Waals surface area (Å²) in [6, 6.07) is 0. The summed E-state index contributed by atoms with van der Waals surface area (Å²) in [6.45, 7) is 3.97. The molecule has 0 spiro atoms. The average molecular weight is 357 g/mol. The van der Waals surface area contributed by atoms with Crippen LogP contribution in [0.15, 0.2) is 17.0 Å². The molecule has 0 saturated carbocycles. The van der Waals surface area contributed by atoms with Crippen molar-refractivity contribution in [3.63, 3.8) is 0 Å². The van der Waals surface area contributed by atoms with Gasteiger partial charge in [-0.05, 0) is 47.3 Å². The summed E-state index contributed by atoms with van der Waals surface area (Å²) < 4.78 is 0.885. The Labute approximate surface area is 130 Å². The van der Waals surface area contributed by atoms with E-state index in [0.29, 0.717) is 5.92 Å². The third-order valence-electron chi connectivity index (χ3n) is 3.75. The van der Waals surface area contributed by atoms with Gasteiger partial charge in [-0.1, -0.05) is 0 Å². The lowest BCUT2D eigenvalue weighted by molar-refractivity contribution is 0.492. The highest BCUT2D eigenvalue weighted by Gasteiger charge is 2.25. The number of imidazole rings is 1. The lowest BCUT2D eigenvalue weighted by Gasteiger charge is -2.32. The van der Waals surface area contributed by atoms with E-state index in [0.717, 1.165) is 36.2 Å². The summed E-state index contributed by atoms with van der Waals surface area (Å²) >= 11 is 9.37. The van der Waals surface area contributed by atoms with E-state index in [-0.39, 0.29) is 5.28 Å². The quantitative estimate of drug-likeness (QED) is 0.839. The van der Waals surface area contributed by atoms with Crippen LogP contribution in [0.5, 0.6) is 0 Å². The molecule has 5 nitrogen and oxygen atoms in total. The standard InChI is InChI=1S/C13H15BrClN5/c1-8-11(18-7-17-8)9-2-4-20(5-3-9)12-10(14)6-16-13(15)19-12/h6-7,9H,2-5H2,1H3,(H,17,18). The molecule has 3 rings (SSSR count). The second kappa shape index (κ2) is 5.69. The van der Waals surface area contributed by atoms with Crippen LogP contribution in [-0.4, -0.2) is 33.0 Å². The SMILES string of the molecule is Cc1[nH]cnc1C1CCN(c2nc(Cl)ncc2Br)CC1. The van der Waals surface area contributed by atoms with Crippen molar-refractivity contribution < 1.29 is 0 Å². The van der Waals surface area contributed by atoms with Crippen molar-refractivity contribution >= 4 is 33.3 Å². The van der Waals surface area contributed by atoms with Gasteiger partial charge in [-0.15, -0.1) is 0 Å². The normalized spacial score (nSPS) is 16.6. The molecule has 0 atom stereocenters. The molecule has 1 aliphatic rings. The molecule has 0 bridgehead atoms. The van der Waals surface area contributed by atoms with Crippen molar-refractivity contribution in [3.05, 3.63) is 33.7 Å². The first-order valence-corrected chi connectivity index (χ1v) is 7.75. The molecule has 0 radical (unpaired) electrons. The number of aryl methyl sites for hydroxylation is 1. The number of nitrogens with one attached hydrogen (secondary N) is 1. The first-order valence-electron chi connectivity index (χ1n) is 6.58. The maximum atomic E-state index is 5.88. The average Bonchev–Trinajstić information content (AvgIpc) is 2.88. The third kappa shape index (κ3) is 2.67. The van der Waals surface area contributed by atoms with Crippen molar-refractivity contribution in [1.82, 2.24) is 19.9 Å². The molecule has 1 aliphatic heterocycles. The van der Waals surface area contributed by atoms with Gasteiger partial charge in [-0.2, -0.15) is 4.98 Å². The number of piperidine rings is 1. The van der Waals surface area contributed by atoms with Gasteiger partial charge in [0.25, 0.3) is 0 Å². The number of rotatable bonds is 2. The predicted octanol–water partition coefficient (Wildman–Crippen LogP) is 3.31. The highest BCUT2D eigenvalue weighted by molar-refractivity contribution is 9.10. The molecule has 20 heavy (non-hydrogen) atoms. The summed E-state index contributed by atoms with van der Waals surface area (Å²) in [4.78, 5) is 18.1. The summed E-state index contributed by atoms with van der Waals surface area (Å²) in [5, 5.41) is 0.286. The first kappa shape index (κ1) is 13.8. The molecule has 1 N–H and O–H groups in total. The molecule has 106 valence electrons. The van der Waals surface area contributed by atoms with Crippen LogP contribution >= 0.6 is 27.5 Å². The number of aromatic nitrogens is 4. The Morgan fingerprint density at radius 1 is 1.35 bits per heavy atom. The van der Waals surface area contributed by atoms with Gasteiger partial charge < -0.3 is 9.88 Å². The molecule has 2 aromatic rings. The van der Waals surface area contributed by atoms with E-state index in [1.807, 2.05) is 0 Å². The Bertz CT molecular complexity index is 607. The topological polar surface area (TPSA) is 57.7 Å². The summed E-state index contributed by atoms with van der Waals surface area (Å²) in [5.41, 5.74) is 2.37. The van der Waals surface area contributed by atoms with Crippen LogP contribution in [0.2, 0.25) is 5.28 Å². The van der Waals surface area contributed by atoms with E-state index < -0.39 is 0 Å². The molecule has 2 aromatic heterocycles. The van der Waals surface area contributed by atoms with Crippen molar-refractivity contribution in [1.29, 1.82) is 0 Å². The zero-order valence-electron chi connectivity index (χ0n) is 11.1. The maximum absolute atomic E-state index is 5.88. The molecule has 3 heterocycles. The van der Waals surface area contributed by atoms with Crippen LogP contribution in [-0.2, 0) is 0 Å². The van der Waals surface area contributed by atoms with Gasteiger partial charge in [0.2, 0.25) is 5.28 Å². The predicted molar refractivity (Wildman–Crippen MR) is 82.3 cm³/mol. The number of H-pyrrole nitrogens is 1. The molecule has 0 amide bonds. The third-order valence-corrected chi connectivity index (χ3v) is 4.49. The molecular formula is C13H15BrClN5. The summed E-state index contributed by atoms with van der Waals surface area (Å²) in [7, 11) is 0. The molecule has 1 fully saturated rings. The smallest absolute Gasteiger partial charge is 0.224 e. The Kier molecular flexibility index (Phi) is 3.94. The minimum absolute atomic E-state index is 0.286. The number of hydrogen-bond acceptors (Lipinski definition) is 4. The van der Waals surface area contributed by atoms with Crippen molar-refractivity contribution in [2.75, 3.05) is 18.0 Å². The second-order valence-electron chi connectivity index (χ2n) is 4.98. The van der Waals surface area contributed by atoms with Gasteiger partial charge in [0.1, 0.15) is 5.82 Å². The van der Waals surface area contributed by atoms with Crippen LogP contribution in [0.3, 0.4) is 0 Å². The number of anilines is 1. The van der Waals surface area contributed by atoms with E-state index in [9.17, 15) is 0 Å². The van der Waals surface area contributed by atoms with Crippen LogP contribution in [0.4, 0.5) is 5.82 Å². The van der Waals surface area contributed by atoms with Gasteiger partial charge in [0.15, 0.2) is 0 Å².